The van der Waals surface area contributed by atoms with E-state index in [1.54, 1.807) is 6.20 Å². The smallest absolute Gasteiger partial charge is 0.238 e. The number of rotatable bonds is 3. The first kappa shape index (κ1) is 12.0. The summed E-state index contributed by atoms with van der Waals surface area (Å²) in [4.78, 5) is 16.4. The Labute approximate surface area is 107 Å². The van der Waals surface area contributed by atoms with E-state index in [9.17, 15) is 0 Å². The number of aryl methyl sites for hydroxylation is 1. The molecule has 2 rings (SSSR count). The summed E-state index contributed by atoms with van der Waals surface area (Å²) in [6.07, 6.45) is 3.16. The Balaban J connectivity index is 2.29. The normalized spacial score (nSPS) is 10.3. The number of aromatic nitrogens is 4. The molecule has 0 amide bonds. The maximum atomic E-state index is 5.97. The fourth-order valence-corrected chi connectivity index (χ4v) is 2.02. The Morgan fingerprint density at radius 1 is 1.35 bits per heavy atom. The third-order valence-electron chi connectivity index (χ3n) is 1.80. The largest absolute Gasteiger partial charge is 0.292 e. The number of halogens is 1. The lowest BCUT2D eigenvalue weighted by Gasteiger charge is -2.04. The van der Waals surface area contributed by atoms with Crippen LogP contribution in [0.5, 0.6) is 0 Å². The van der Waals surface area contributed by atoms with Gasteiger partial charge in [-0.05, 0) is 24.8 Å². The average molecular weight is 269 g/mol. The van der Waals surface area contributed by atoms with Crippen molar-refractivity contribution in [1.29, 1.82) is 0 Å². The topological polar surface area (TPSA) is 89.6 Å². The van der Waals surface area contributed by atoms with Crippen molar-refractivity contribution >= 4 is 29.3 Å². The van der Waals surface area contributed by atoms with Gasteiger partial charge in [0, 0.05) is 11.9 Å². The molecule has 0 saturated heterocycles. The van der Waals surface area contributed by atoms with E-state index in [-0.39, 0.29) is 0 Å². The Morgan fingerprint density at radius 3 is 2.88 bits per heavy atom. The van der Waals surface area contributed by atoms with Gasteiger partial charge in [-0.1, -0.05) is 11.6 Å². The third-order valence-corrected chi connectivity index (χ3v) is 3.07. The molecule has 2 heterocycles. The highest BCUT2D eigenvalue weighted by Gasteiger charge is 2.08. The number of anilines is 1. The lowest BCUT2D eigenvalue weighted by atomic mass is 10.5. The molecule has 0 unspecified atom stereocenters. The number of hydrogen-bond donors (Lipinski definition) is 2. The predicted molar refractivity (Wildman–Crippen MR) is 65.7 cm³/mol. The predicted octanol–water partition coefficient (Wildman–Crippen LogP) is 1.67. The van der Waals surface area contributed by atoms with Gasteiger partial charge in [0.15, 0.2) is 5.16 Å². The van der Waals surface area contributed by atoms with Crippen LogP contribution >= 0.6 is 23.4 Å². The van der Waals surface area contributed by atoms with Crippen LogP contribution in [0, 0.1) is 6.92 Å². The molecule has 17 heavy (non-hydrogen) atoms. The van der Waals surface area contributed by atoms with Crippen molar-refractivity contribution in [1.82, 2.24) is 19.9 Å². The number of nitrogen functional groups attached to an aromatic ring is 1. The minimum absolute atomic E-state index is 0.296. The van der Waals surface area contributed by atoms with E-state index in [0.717, 1.165) is 5.69 Å². The molecule has 2 aromatic heterocycles. The summed E-state index contributed by atoms with van der Waals surface area (Å²) in [7, 11) is 0. The van der Waals surface area contributed by atoms with Gasteiger partial charge in [0.2, 0.25) is 5.95 Å². The molecule has 0 spiro atoms. The highest BCUT2D eigenvalue weighted by molar-refractivity contribution is 7.99. The van der Waals surface area contributed by atoms with Crippen LogP contribution in [0.15, 0.2) is 28.6 Å². The molecule has 0 fully saturated rings. The molecule has 0 aliphatic rings. The van der Waals surface area contributed by atoms with E-state index >= 15 is 0 Å². The van der Waals surface area contributed by atoms with E-state index in [0.29, 0.717) is 21.2 Å². The first-order valence-corrected chi connectivity index (χ1v) is 5.85. The SMILES string of the molecule is Cc1ccnc(Sc2nc(NN)ncc2Cl)n1. The molecule has 0 aromatic carbocycles. The van der Waals surface area contributed by atoms with Crippen molar-refractivity contribution in [2.75, 3.05) is 5.43 Å². The molecule has 88 valence electrons. The quantitative estimate of drug-likeness (QED) is 0.379. The van der Waals surface area contributed by atoms with Crippen LogP contribution < -0.4 is 11.3 Å². The van der Waals surface area contributed by atoms with E-state index in [1.165, 1.54) is 18.0 Å². The second-order valence-corrected chi connectivity index (χ2v) is 4.44. The van der Waals surface area contributed by atoms with Gasteiger partial charge in [-0.25, -0.2) is 25.8 Å². The molecule has 0 saturated carbocycles. The molecule has 3 N–H and O–H groups in total. The van der Waals surface area contributed by atoms with Gasteiger partial charge in [0.25, 0.3) is 0 Å². The van der Waals surface area contributed by atoms with Gasteiger partial charge in [0.05, 0.1) is 11.2 Å². The fourth-order valence-electron chi connectivity index (χ4n) is 1.05. The minimum atomic E-state index is 0.296. The summed E-state index contributed by atoms with van der Waals surface area (Å²) in [6, 6.07) is 1.82. The lowest BCUT2D eigenvalue weighted by molar-refractivity contribution is 0.925. The Morgan fingerprint density at radius 2 is 2.18 bits per heavy atom. The molecule has 8 heteroatoms. The average Bonchev–Trinajstić information content (AvgIpc) is 2.32. The molecular formula is C9H9ClN6S. The molecular weight excluding hydrogens is 260 g/mol. The summed E-state index contributed by atoms with van der Waals surface area (Å²) < 4.78 is 0. The highest BCUT2D eigenvalue weighted by atomic mass is 35.5. The first-order chi connectivity index (χ1) is 8.19. The number of nitrogens with two attached hydrogens (primary N) is 1. The zero-order valence-corrected chi connectivity index (χ0v) is 10.5. The van der Waals surface area contributed by atoms with E-state index in [4.69, 9.17) is 17.4 Å². The summed E-state index contributed by atoms with van der Waals surface area (Å²) in [6.45, 7) is 1.89. The molecule has 0 aliphatic carbocycles. The van der Waals surface area contributed by atoms with Crippen LogP contribution in [0.2, 0.25) is 5.02 Å². The number of hydrogen-bond acceptors (Lipinski definition) is 7. The maximum Gasteiger partial charge on any atom is 0.238 e. The van der Waals surface area contributed by atoms with Gasteiger partial charge < -0.3 is 0 Å². The Hall–Kier alpha value is -1.44. The van der Waals surface area contributed by atoms with Crippen molar-refractivity contribution in [3.05, 3.63) is 29.2 Å². The fraction of sp³-hybridized carbons (Fsp3) is 0.111. The van der Waals surface area contributed by atoms with Crippen LogP contribution in [0.4, 0.5) is 5.95 Å². The van der Waals surface area contributed by atoms with Crippen molar-refractivity contribution in [2.24, 2.45) is 5.84 Å². The minimum Gasteiger partial charge on any atom is -0.292 e. The van der Waals surface area contributed by atoms with E-state index in [1.807, 2.05) is 13.0 Å². The van der Waals surface area contributed by atoms with Crippen molar-refractivity contribution in [3.8, 4) is 0 Å². The van der Waals surface area contributed by atoms with Crippen LogP contribution in [0.25, 0.3) is 0 Å². The van der Waals surface area contributed by atoms with Crippen LogP contribution in [-0.2, 0) is 0 Å². The van der Waals surface area contributed by atoms with Crippen molar-refractivity contribution in [2.45, 2.75) is 17.1 Å². The van der Waals surface area contributed by atoms with E-state index in [2.05, 4.69) is 25.4 Å². The summed E-state index contributed by atoms with van der Waals surface area (Å²) >= 11 is 7.23. The zero-order chi connectivity index (χ0) is 12.3. The van der Waals surface area contributed by atoms with Gasteiger partial charge in [-0.2, -0.15) is 0 Å². The van der Waals surface area contributed by atoms with Crippen LogP contribution in [0.1, 0.15) is 5.69 Å². The number of nitrogens with one attached hydrogen (secondary N) is 1. The third kappa shape index (κ3) is 3.02. The summed E-state index contributed by atoms with van der Waals surface area (Å²) in [5.74, 6) is 5.52. The van der Waals surface area contributed by atoms with Crippen molar-refractivity contribution < 1.29 is 0 Å². The molecule has 0 aliphatic heterocycles. The lowest BCUT2D eigenvalue weighted by Crippen LogP contribution is -2.10. The van der Waals surface area contributed by atoms with Gasteiger partial charge in [0.1, 0.15) is 5.03 Å². The second kappa shape index (κ2) is 5.26. The molecule has 0 atom stereocenters. The van der Waals surface area contributed by atoms with Gasteiger partial charge >= 0.3 is 0 Å². The first-order valence-electron chi connectivity index (χ1n) is 4.65. The summed E-state index contributed by atoms with van der Waals surface area (Å²) in [5, 5.41) is 1.56. The van der Waals surface area contributed by atoms with E-state index < -0.39 is 0 Å². The monoisotopic (exact) mass is 268 g/mol. The number of nitrogens with zero attached hydrogens (tertiary/aromatic N) is 4. The Bertz CT molecular complexity index is 535. The second-order valence-electron chi connectivity index (χ2n) is 3.07. The Kier molecular flexibility index (Phi) is 3.72. The zero-order valence-electron chi connectivity index (χ0n) is 8.88. The molecule has 0 bridgehead atoms. The molecule has 2 aromatic rings. The van der Waals surface area contributed by atoms with Gasteiger partial charge in [-0.15, -0.1) is 0 Å². The van der Waals surface area contributed by atoms with Crippen LogP contribution in [-0.4, -0.2) is 19.9 Å². The van der Waals surface area contributed by atoms with Crippen molar-refractivity contribution in [3.63, 3.8) is 0 Å². The summed E-state index contributed by atoms with van der Waals surface area (Å²) in [5.41, 5.74) is 3.24. The molecule has 0 radical (unpaired) electrons. The number of hydrazine groups is 1. The highest BCUT2D eigenvalue weighted by Crippen LogP contribution is 2.29. The van der Waals surface area contributed by atoms with Gasteiger partial charge in [-0.3, -0.25) is 5.43 Å². The maximum absolute atomic E-state index is 5.97. The molecule has 6 nitrogen and oxygen atoms in total. The van der Waals surface area contributed by atoms with Crippen LogP contribution in [0.3, 0.4) is 0 Å². The standard InChI is InChI=1S/C9H9ClN6S/c1-5-2-3-12-9(14-5)17-7-6(10)4-13-8(15-7)16-11/h2-4H,11H2,1H3,(H,13,15,16).